The summed E-state index contributed by atoms with van der Waals surface area (Å²) in [6.45, 7) is 0.369. The van der Waals surface area contributed by atoms with Crippen LogP contribution in [0.2, 0.25) is 0 Å². The minimum Gasteiger partial charge on any atom is -0.366 e. The van der Waals surface area contributed by atoms with Crippen molar-refractivity contribution in [1.82, 2.24) is 5.32 Å². The number of benzene rings is 2. The summed E-state index contributed by atoms with van der Waals surface area (Å²) in [7, 11) is 0. The molecule has 0 atom stereocenters. The van der Waals surface area contributed by atoms with Crippen LogP contribution in [0.15, 0.2) is 47.4 Å². The monoisotopic (exact) mass is 377 g/mol. The summed E-state index contributed by atoms with van der Waals surface area (Å²) < 4.78 is 12.8. The molecule has 0 saturated heterocycles. The van der Waals surface area contributed by atoms with E-state index in [1.54, 1.807) is 12.1 Å². The molecule has 0 saturated carbocycles. The Morgan fingerprint density at radius 1 is 1.19 bits per heavy atom. The molecule has 2 rings (SSSR count). The SMILES string of the molecule is NC(=O)c1ccc(SCC(=O)NCCc2ccc(F)cc2)c([N+](=O)[O-])c1. The number of primary amides is 1. The van der Waals surface area contributed by atoms with E-state index in [1.165, 1.54) is 24.3 Å². The molecule has 0 aromatic heterocycles. The highest BCUT2D eigenvalue weighted by Crippen LogP contribution is 2.29. The Bertz CT molecular complexity index is 827. The standard InChI is InChI=1S/C17H16FN3O4S/c18-13-4-1-11(2-5-13)7-8-20-16(22)10-26-15-6-3-12(17(19)23)9-14(15)21(24)25/h1-6,9H,7-8,10H2,(H2,19,23)(H,20,22). The third-order valence-electron chi connectivity index (χ3n) is 3.45. The molecule has 0 fully saturated rings. The van der Waals surface area contributed by atoms with E-state index >= 15 is 0 Å². The Hall–Kier alpha value is -2.94. The van der Waals surface area contributed by atoms with E-state index in [0.717, 1.165) is 23.4 Å². The number of nitrogens with two attached hydrogens (primary N) is 1. The van der Waals surface area contributed by atoms with Crippen molar-refractivity contribution in [3.8, 4) is 0 Å². The van der Waals surface area contributed by atoms with Crippen molar-refractivity contribution in [2.45, 2.75) is 11.3 Å². The lowest BCUT2D eigenvalue weighted by Crippen LogP contribution is -2.27. The van der Waals surface area contributed by atoms with Gasteiger partial charge in [0, 0.05) is 18.2 Å². The zero-order valence-electron chi connectivity index (χ0n) is 13.6. The van der Waals surface area contributed by atoms with Crippen molar-refractivity contribution in [2.75, 3.05) is 12.3 Å². The molecule has 0 aliphatic rings. The van der Waals surface area contributed by atoms with E-state index in [4.69, 9.17) is 5.73 Å². The largest absolute Gasteiger partial charge is 0.366 e. The molecule has 0 heterocycles. The summed E-state index contributed by atoms with van der Waals surface area (Å²) >= 11 is 0.997. The van der Waals surface area contributed by atoms with Crippen molar-refractivity contribution in [1.29, 1.82) is 0 Å². The van der Waals surface area contributed by atoms with Crippen LogP contribution in [0.5, 0.6) is 0 Å². The number of nitrogens with one attached hydrogen (secondary N) is 1. The van der Waals surface area contributed by atoms with Gasteiger partial charge in [0.05, 0.1) is 15.6 Å². The second-order valence-corrected chi connectivity index (χ2v) is 6.34. The van der Waals surface area contributed by atoms with Crippen LogP contribution in [0.1, 0.15) is 15.9 Å². The second kappa shape index (κ2) is 8.95. The highest BCUT2D eigenvalue weighted by molar-refractivity contribution is 8.00. The molecular weight excluding hydrogens is 361 g/mol. The summed E-state index contributed by atoms with van der Waals surface area (Å²) in [6.07, 6.45) is 0.546. The van der Waals surface area contributed by atoms with Crippen molar-refractivity contribution in [3.05, 3.63) is 69.5 Å². The lowest BCUT2D eigenvalue weighted by atomic mass is 10.1. The summed E-state index contributed by atoms with van der Waals surface area (Å²) in [5, 5.41) is 13.8. The third-order valence-corrected chi connectivity index (χ3v) is 4.51. The lowest BCUT2D eigenvalue weighted by molar-refractivity contribution is -0.387. The van der Waals surface area contributed by atoms with E-state index in [9.17, 15) is 24.1 Å². The van der Waals surface area contributed by atoms with Crippen molar-refractivity contribution in [2.24, 2.45) is 5.73 Å². The minimum absolute atomic E-state index is 0.0137. The summed E-state index contributed by atoms with van der Waals surface area (Å²) in [5.41, 5.74) is 5.76. The van der Waals surface area contributed by atoms with Gasteiger partial charge in [-0.15, -0.1) is 11.8 Å². The van der Waals surface area contributed by atoms with Crippen LogP contribution < -0.4 is 11.1 Å². The van der Waals surface area contributed by atoms with Gasteiger partial charge in [-0.3, -0.25) is 19.7 Å². The third kappa shape index (κ3) is 5.55. The first-order chi connectivity index (χ1) is 12.4. The number of carbonyl (C=O) groups excluding carboxylic acids is 2. The number of carbonyl (C=O) groups is 2. The molecule has 7 nitrogen and oxygen atoms in total. The number of hydrogen-bond donors (Lipinski definition) is 2. The van der Waals surface area contributed by atoms with Gasteiger partial charge in [-0.2, -0.15) is 0 Å². The molecular formula is C17H16FN3O4S. The molecule has 0 bridgehead atoms. The number of amides is 2. The Kier molecular flexibility index (Phi) is 6.67. The van der Waals surface area contributed by atoms with E-state index in [-0.39, 0.29) is 33.6 Å². The normalized spacial score (nSPS) is 10.3. The number of nitro groups is 1. The quantitative estimate of drug-likeness (QED) is 0.416. The number of rotatable bonds is 8. The number of halogens is 1. The molecule has 2 aromatic carbocycles. The van der Waals surface area contributed by atoms with Crippen molar-refractivity contribution < 1.29 is 18.9 Å². The molecule has 2 aromatic rings. The van der Waals surface area contributed by atoms with Crippen LogP contribution in [-0.2, 0) is 11.2 Å². The molecule has 0 unspecified atom stereocenters. The first-order valence-corrected chi connectivity index (χ1v) is 8.57. The molecule has 0 radical (unpaired) electrons. The van der Waals surface area contributed by atoms with Crippen LogP contribution in [0.3, 0.4) is 0 Å². The Labute approximate surface area is 152 Å². The van der Waals surface area contributed by atoms with Crippen LogP contribution in [0, 0.1) is 15.9 Å². The molecule has 9 heteroatoms. The Morgan fingerprint density at radius 2 is 1.88 bits per heavy atom. The minimum atomic E-state index is -0.761. The average Bonchev–Trinajstić information content (AvgIpc) is 2.61. The van der Waals surface area contributed by atoms with Gasteiger partial charge >= 0.3 is 0 Å². The highest BCUT2D eigenvalue weighted by atomic mass is 32.2. The fourth-order valence-corrected chi connectivity index (χ4v) is 2.96. The molecule has 2 amide bonds. The number of hydrogen-bond acceptors (Lipinski definition) is 5. The lowest BCUT2D eigenvalue weighted by Gasteiger charge is -2.06. The van der Waals surface area contributed by atoms with Crippen LogP contribution in [0.25, 0.3) is 0 Å². The smallest absolute Gasteiger partial charge is 0.283 e. The zero-order chi connectivity index (χ0) is 19.1. The number of thioether (sulfide) groups is 1. The van der Waals surface area contributed by atoms with Gasteiger partial charge in [-0.1, -0.05) is 12.1 Å². The zero-order valence-corrected chi connectivity index (χ0v) is 14.4. The predicted octanol–water partition coefficient (Wildman–Crippen LogP) is 2.28. The Balaban J connectivity index is 1.87. The van der Waals surface area contributed by atoms with Gasteiger partial charge in [0.1, 0.15) is 5.82 Å². The first-order valence-electron chi connectivity index (χ1n) is 7.59. The molecule has 3 N–H and O–H groups in total. The highest BCUT2D eigenvalue weighted by Gasteiger charge is 2.17. The van der Waals surface area contributed by atoms with Gasteiger partial charge < -0.3 is 11.1 Å². The average molecular weight is 377 g/mol. The first kappa shape index (κ1) is 19.4. The predicted molar refractivity (Wildman–Crippen MR) is 95.5 cm³/mol. The van der Waals surface area contributed by atoms with E-state index in [0.29, 0.717) is 13.0 Å². The van der Waals surface area contributed by atoms with E-state index < -0.39 is 10.8 Å². The molecule has 136 valence electrons. The Morgan fingerprint density at radius 3 is 2.50 bits per heavy atom. The van der Waals surface area contributed by atoms with E-state index in [1.807, 2.05) is 0 Å². The van der Waals surface area contributed by atoms with E-state index in [2.05, 4.69) is 5.32 Å². The topological polar surface area (TPSA) is 115 Å². The van der Waals surface area contributed by atoms with Gasteiger partial charge in [0.2, 0.25) is 11.8 Å². The number of nitro benzene ring substituents is 1. The maximum Gasteiger partial charge on any atom is 0.283 e. The molecule has 26 heavy (non-hydrogen) atoms. The van der Waals surface area contributed by atoms with Gasteiger partial charge in [-0.05, 0) is 36.2 Å². The van der Waals surface area contributed by atoms with Crippen molar-refractivity contribution >= 4 is 29.3 Å². The maximum absolute atomic E-state index is 12.8. The van der Waals surface area contributed by atoms with Crippen LogP contribution in [0.4, 0.5) is 10.1 Å². The van der Waals surface area contributed by atoms with Gasteiger partial charge in [0.25, 0.3) is 5.69 Å². The van der Waals surface area contributed by atoms with Crippen LogP contribution >= 0.6 is 11.8 Å². The fraction of sp³-hybridized carbons (Fsp3) is 0.176. The number of nitrogens with zero attached hydrogens (tertiary/aromatic N) is 1. The second-order valence-electron chi connectivity index (χ2n) is 5.32. The van der Waals surface area contributed by atoms with Gasteiger partial charge in [-0.25, -0.2) is 4.39 Å². The summed E-state index contributed by atoms with van der Waals surface area (Å²) in [4.78, 5) is 33.8. The van der Waals surface area contributed by atoms with Crippen molar-refractivity contribution in [3.63, 3.8) is 0 Å². The summed E-state index contributed by atoms with van der Waals surface area (Å²) in [5.74, 6) is -1.38. The van der Waals surface area contributed by atoms with Gasteiger partial charge in [0.15, 0.2) is 0 Å². The fourth-order valence-electron chi connectivity index (χ4n) is 2.13. The molecule has 0 aliphatic heterocycles. The molecule has 0 aliphatic carbocycles. The summed E-state index contributed by atoms with van der Waals surface area (Å²) in [6, 6.07) is 9.85. The molecule has 0 spiro atoms. The maximum atomic E-state index is 12.8. The van der Waals surface area contributed by atoms with Crippen LogP contribution in [-0.4, -0.2) is 29.0 Å².